The largest absolute Gasteiger partial charge is 0.493 e. The van der Waals surface area contributed by atoms with Crippen LogP contribution < -0.4 is 14.8 Å². The zero-order valence-corrected chi connectivity index (χ0v) is 14.9. The summed E-state index contributed by atoms with van der Waals surface area (Å²) in [5, 5.41) is 3.05. The maximum atomic E-state index is 12.1. The van der Waals surface area contributed by atoms with Crippen LogP contribution in [0.4, 0.5) is 4.79 Å². The molecule has 0 aromatic heterocycles. The van der Waals surface area contributed by atoms with Crippen LogP contribution in [-0.4, -0.2) is 44.8 Å². The molecule has 1 N–H and O–H groups in total. The van der Waals surface area contributed by atoms with Gasteiger partial charge in [0, 0.05) is 19.6 Å². The summed E-state index contributed by atoms with van der Waals surface area (Å²) in [5.74, 6) is 2.74. The van der Waals surface area contributed by atoms with Crippen LogP contribution in [-0.2, 0) is 0 Å². The molecule has 1 atom stereocenters. The number of carbonyl (C=O) groups excluding carboxylic acids is 1. The third-order valence-corrected chi connectivity index (χ3v) is 5.05. The van der Waals surface area contributed by atoms with E-state index in [0.29, 0.717) is 12.0 Å². The summed E-state index contributed by atoms with van der Waals surface area (Å²) in [6, 6.07) is 6.66. The fourth-order valence-corrected chi connectivity index (χ4v) is 3.20. The van der Waals surface area contributed by atoms with E-state index >= 15 is 0 Å². The van der Waals surface area contributed by atoms with E-state index < -0.39 is 0 Å². The lowest BCUT2D eigenvalue weighted by molar-refractivity contribution is 0.206. The van der Waals surface area contributed by atoms with Gasteiger partial charge in [-0.2, -0.15) is 0 Å². The monoisotopic (exact) mass is 332 g/mol. The third-order valence-electron chi connectivity index (χ3n) is 5.05. The molecule has 0 aliphatic heterocycles. The van der Waals surface area contributed by atoms with Gasteiger partial charge in [-0.3, -0.25) is 0 Å². The van der Waals surface area contributed by atoms with Crippen LogP contribution in [0.3, 0.4) is 0 Å². The van der Waals surface area contributed by atoms with Crippen molar-refractivity contribution in [2.45, 2.75) is 44.1 Å². The van der Waals surface area contributed by atoms with Gasteiger partial charge in [-0.05, 0) is 61.6 Å². The Kier molecular flexibility index (Phi) is 5.17. The average molecular weight is 332 g/mol. The number of benzene rings is 1. The first-order chi connectivity index (χ1) is 11.6. The van der Waals surface area contributed by atoms with Crippen LogP contribution in [0.5, 0.6) is 11.5 Å². The Labute approximate surface area is 144 Å². The van der Waals surface area contributed by atoms with Crippen LogP contribution in [0.15, 0.2) is 18.2 Å². The molecule has 5 nitrogen and oxygen atoms in total. The number of ether oxygens (including phenoxy) is 2. The standard InChI is InChI=1S/C19H28N2O3/c1-21(19(22)20-15-7-8-15)11-10-16(13-4-5-13)14-6-9-17(23-2)18(12-14)24-3/h6,9,12-13,15-16H,4-5,7-8,10-11H2,1-3H3,(H,20,22). The molecule has 24 heavy (non-hydrogen) atoms. The van der Waals surface area contributed by atoms with Crippen LogP contribution in [0.2, 0.25) is 0 Å². The highest BCUT2D eigenvalue weighted by Crippen LogP contribution is 2.46. The molecule has 2 amide bonds. The smallest absolute Gasteiger partial charge is 0.317 e. The van der Waals surface area contributed by atoms with Crippen LogP contribution in [0.1, 0.15) is 43.6 Å². The van der Waals surface area contributed by atoms with Crippen LogP contribution >= 0.6 is 0 Å². The van der Waals surface area contributed by atoms with Crippen molar-refractivity contribution in [2.24, 2.45) is 5.92 Å². The third kappa shape index (κ3) is 4.13. The number of amides is 2. The molecule has 1 aromatic carbocycles. The van der Waals surface area contributed by atoms with E-state index in [1.165, 1.54) is 18.4 Å². The lowest BCUT2D eigenvalue weighted by atomic mass is 9.90. The van der Waals surface area contributed by atoms with Gasteiger partial charge in [0.25, 0.3) is 0 Å². The second-order valence-corrected chi connectivity index (χ2v) is 6.99. The molecule has 3 rings (SSSR count). The first kappa shape index (κ1) is 16.9. The fourth-order valence-electron chi connectivity index (χ4n) is 3.20. The summed E-state index contributed by atoms with van der Waals surface area (Å²) < 4.78 is 10.8. The van der Waals surface area contributed by atoms with E-state index in [-0.39, 0.29) is 6.03 Å². The summed E-state index contributed by atoms with van der Waals surface area (Å²) in [6.45, 7) is 0.772. The molecule has 2 aliphatic rings. The molecule has 0 radical (unpaired) electrons. The van der Waals surface area contributed by atoms with Gasteiger partial charge >= 0.3 is 6.03 Å². The van der Waals surface area contributed by atoms with Gasteiger partial charge in [0.15, 0.2) is 11.5 Å². The van der Waals surface area contributed by atoms with E-state index in [9.17, 15) is 4.79 Å². The Morgan fingerprint density at radius 1 is 1.21 bits per heavy atom. The highest BCUT2D eigenvalue weighted by Gasteiger charge is 2.33. The maximum absolute atomic E-state index is 12.1. The highest BCUT2D eigenvalue weighted by atomic mass is 16.5. The Bertz CT molecular complexity index is 582. The Balaban J connectivity index is 1.63. The number of hydrogen-bond acceptors (Lipinski definition) is 3. The minimum absolute atomic E-state index is 0.0550. The molecule has 0 saturated heterocycles. The predicted octanol–water partition coefficient (Wildman–Crippen LogP) is 3.39. The van der Waals surface area contributed by atoms with E-state index in [4.69, 9.17) is 9.47 Å². The molecule has 0 heterocycles. The van der Waals surface area contributed by atoms with Gasteiger partial charge in [0.05, 0.1) is 14.2 Å². The SMILES string of the molecule is COc1ccc(C(CCN(C)C(=O)NC2CC2)C2CC2)cc1OC. The van der Waals surface area contributed by atoms with Crippen molar-refractivity contribution in [2.75, 3.05) is 27.8 Å². The molecular formula is C19H28N2O3. The number of nitrogens with one attached hydrogen (secondary N) is 1. The molecule has 5 heteroatoms. The van der Waals surface area contributed by atoms with Gasteiger partial charge in [0.1, 0.15) is 0 Å². The van der Waals surface area contributed by atoms with Crippen molar-refractivity contribution >= 4 is 6.03 Å². The van der Waals surface area contributed by atoms with Crippen molar-refractivity contribution < 1.29 is 14.3 Å². The molecule has 2 fully saturated rings. The number of hydrogen-bond donors (Lipinski definition) is 1. The fraction of sp³-hybridized carbons (Fsp3) is 0.632. The van der Waals surface area contributed by atoms with Gasteiger partial charge in [0.2, 0.25) is 0 Å². The second-order valence-electron chi connectivity index (χ2n) is 6.99. The molecule has 0 bridgehead atoms. The lowest BCUT2D eigenvalue weighted by Crippen LogP contribution is -2.39. The maximum Gasteiger partial charge on any atom is 0.317 e. The predicted molar refractivity (Wildman–Crippen MR) is 93.8 cm³/mol. The van der Waals surface area contributed by atoms with Crippen LogP contribution in [0.25, 0.3) is 0 Å². The topological polar surface area (TPSA) is 50.8 Å². The van der Waals surface area contributed by atoms with Crippen molar-refractivity contribution in [3.05, 3.63) is 23.8 Å². The molecular weight excluding hydrogens is 304 g/mol. The average Bonchev–Trinajstić information content (AvgIpc) is 3.49. The molecule has 1 unspecified atom stereocenters. The zero-order valence-electron chi connectivity index (χ0n) is 14.9. The molecule has 132 valence electrons. The minimum Gasteiger partial charge on any atom is -0.493 e. The Morgan fingerprint density at radius 2 is 1.92 bits per heavy atom. The molecule has 0 spiro atoms. The van der Waals surface area contributed by atoms with E-state index in [0.717, 1.165) is 43.2 Å². The molecule has 2 aliphatic carbocycles. The van der Waals surface area contributed by atoms with Crippen molar-refractivity contribution in [1.29, 1.82) is 0 Å². The van der Waals surface area contributed by atoms with E-state index in [2.05, 4.69) is 17.4 Å². The lowest BCUT2D eigenvalue weighted by Gasteiger charge is -2.23. The Hall–Kier alpha value is -1.91. The van der Waals surface area contributed by atoms with Crippen molar-refractivity contribution in [3.8, 4) is 11.5 Å². The normalized spacial score (nSPS) is 18.0. The summed E-state index contributed by atoms with van der Waals surface area (Å²) in [7, 11) is 5.21. The summed E-state index contributed by atoms with van der Waals surface area (Å²) in [5.41, 5.74) is 1.28. The van der Waals surface area contributed by atoms with E-state index in [1.807, 2.05) is 18.0 Å². The molecule has 2 saturated carbocycles. The van der Waals surface area contributed by atoms with Gasteiger partial charge in [-0.15, -0.1) is 0 Å². The number of urea groups is 1. The van der Waals surface area contributed by atoms with Crippen molar-refractivity contribution in [1.82, 2.24) is 10.2 Å². The van der Waals surface area contributed by atoms with Crippen LogP contribution in [0, 0.1) is 5.92 Å². The van der Waals surface area contributed by atoms with Crippen molar-refractivity contribution in [3.63, 3.8) is 0 Å². The van der Waals surface area contributed by atoms with Gasteiger partial charge in [-0.1, -0.05) is 6.07 Å². The number of nitrogens with zero attached hydrogens (tertiary/aromatic N) is 1. The summed E-state index contributed by atoms with van der Waals surface area (Å²) in [4.78, 5) is 13.9. The number of carbonyl (C=O) groups is 1. The zero-order chi connectivity index (χ0) is 17.1. The summed E-state index contributed by atoms with van der Waals surface area (Å²) in [6.07, 6.45) is 5.77. The first-order valence-electron chi connectivity index (χ1n) is 8.86. The minimum atomic E-state index is 0.0550. The van der Waals surface area contributed by atoms with Gasteiger partial charge in [-0.25, -0.2) is 4.79 Å². The highest BCUT2D eigenvalue weighted by molar-refractivity contribution is 5.74. The van der Waals surface area contributed by atoms with E-state index in [1.54, 1.807) is 14.2 Å². The second kappa shape index (κ2) is 7.32. The first-order valence-corrected chi connectivity index (χ1v) is 8.86. The number of methoxy groups -OCH3 is 2. The summed E-state index contributed by atoms with van der Waals surface area (Å²) >= 11 is 0. The Morgan fingerprint density at radius 3 is 2.50 bits per heavy atom. The number of rotatable bonds is 8. The quantitative estimate of drug-likeness (QED) is 0.794. The molecule has 1 aromatic rings. The van der Waals surface area contributed by atoms with Gasteiger partial charge < -0.3 is 19.7 Å².